The van der Waals surface area contributed by atoms with Gasteiger partial charge in [-0.05, 0) is 43.2 Å². The van der Waals surface area contributed by atoms with Gasteiger partial charge in [-0.1, -0.05) is 0 Å². The topological polar surface area (TPSA) is 100 Å². The first-order valence-electron chi connectivity index (χ1n) is 7.58. The number of rotatable bonds is 4. The van der Waals surface area contributed by atoms with Crippen molar-refractivity contribution < 1.29 is 16.8 Å². The van der Waals surface area contributed by atoms with Crippen LogP contribution in [0.2, 0.25) is 0 Å². The van der Waals surface area contributed by atoms with Gasteiger partial charge < -0.3 is 0 Å². The minimum Gasteiger partial charge on any atom is -0.282 e. The summed E-state index contributed by atoms with van der Waals surface area (Å²) >= 11 is 0. The van der Waals surface area contributed by atoms with Gasteiger partial charge in [-0.3, -0.25) is 5.10 Å². The van der Waals surface area contributed by atoms with Crippen molar-refractivity contribution in [3.8, 4) is 0 Å². The van der Waals surface area contributed by atoms with Gasteiger partial charge in [0.15, 0.2) is 9.84 Å². The van der Waals surface area contributed by atoms with E-state index in [1.807, 2.05) is 6.07 Å². The first kappa shape index (κ1) is 17.1. The molecular weight excluding hydrogens is 350 g/mol. The third-order valence-electron chi connectivity index (χ3n) is 4.24. The van der Waals surface area contributed by atoms with Crippen molar-refractivity contribution in [3.63, 3.8) is 0 Å². The molecule has 1 atom stereocenters. The van der Waals surface area contributed by atoms with E-state index in [0.29, 0.717) is 13.1 Å². The third-order valence-corrected chi connectivity index (χ3v) is 7.24. The fraction of sp³-hybridized carbons (Fsp3) is 0.400. The van der Waals surface area contributed by atoms with Crippen LogP contribution >= 0.6 is 0 Å². The summed E-state index contributed by atoms with van der Waals surface area (Å²) in [5.41, 5.74) is 0.933. The molecule has 9 heteroatoms. The second kappa shape index (κ2) is 6.30. The molecule has 0 radical (unpaired) electrons. The Morgan fingerprint density at radius 2 is 1.75 bits per heavy atom. The predicted octanol–water partition coefficient (Wildman–Crippen LogP) is 1.38. The van der Waals surface area contributed by atoms with Crippen molar-refractivity contribution in [1.82, 2.24) is 14.5 Å². The van der Waals surface area contributed by atoms with Gasteiger partial charge in [0.25, 0.3) is 0 Å². The molecule has 24 heavy (non-hydrogen) atoms. The van der Waals surface area contributed by atoms with Crippen LogP contribution in [0.25, 0.3) is 0 Å². The number of aromatic nitrogens is 2. The smallest absolute Gasteiger partial charge is 0.243 e. The predicted molar refractivity (Wildman–Crippen MR) is 88.9 cm³/mol. The van der Waals surface area contributed by atoms with Crippen LogP contribution in [0, 0.1) is 0 Å². The summed E-state index contributed by atoms with van der Waals surface area (Å²) in [6.07, 6.45) is 4.42. The van der Waals surface area contributed by atoms with Gasteiger partial charge in [-0.15, -0.1) is 0 Å². The standard InChI is InChI=1S/C15H19N3O4S2/c1-23(19,20)13-4-6-14(7-5-13)24(21,22)18-10-2-3-12(11-18)15-8-9-16-17-15/h4-9,12H,2-3,10-11H2,1H3,(H,16,17). The Labute approximate surface area is 141 Å². The van der Waals surface area contributed by atoms with Gasteiger partial charge in [0.1, 0.15) is 0 Å². The number of H-pyrrole nitrogens is 1. The molecule has 1 aliphatic rings. The summed E-state index contributed by atoms with van der Waals surface area (Å²) in [4.78, 5) is 0.218. The Hall–Kier alpha value is -1.71. The van der Waals surface area contributed by atoms with Crippen LogP contribution in [-0.4, -0.2) is 50.7 Å². The van der Waals surface area contributed by atoms with Gasteiger partial charge >= 0.3 is 0 Å². The minimum absolute atomic E-state index is 0.0892. The van der Waals surface area contributed by atoms with Crippen molar-refractivity contribution in [2.45, 2.75) is 28.6 Å². The lowest BCUT2D eigenvalue weighted by atomic mass is 9.96. The molecule has 2 heterocycles. The number of sulfonamides is 1. The molecule has 1 saturated heterocycles. The normalized spacial score (nSPS) is 20.1. The van der Waals surface area contributed by atoms with Crippen LogP contribution < -0.4 is 0 Å². The molecule has 0 amide bonds. The third kappa shape index (κ3) is 3.38. The number of sulfone groups is 1. The first-order chi connectivity index (χ1) is 11.3. The Morgan fingerprint density at radius 1 is 1.08 bits per heavy atom. The van der Waals surface area contributed by atoms with Crippen LogP contribution in [0.4, 0.5) is 0 Å². The van der Waals surface area contributed by atoms with Gasteiger partial charge in [0.05, 0.1) is 9.79 Å². The van der Waals surface area contributed by atoms with Crippen LogP contribution in [0.3, 0.4) is 0 Å². The van der Waals surface area contributed by atoms with E-state index in [1.54, 1.807) is 6.20 Å². The molecule has 3 rings (SSSR count). The molecule has 2 aromatic rings. The fourth-order valence-electron chi connectivity index (χ4n) is 2.92. The van der Waals surface area contributed by atoms with E-state index in [-0.39, 0.29) is 15.7 Å². The summed E-state index contributed by atoms with van der Waals surface area (Å²) in [5, 5.41) is 6.83. The molecule has 0 spiro atoms. The zero-order valence-electron chi connectivity index (χ0n) is 13.2. The average Bonchev–Trinajstić information content (AvgIpc) is 3.09. The largest absolute Gasteiger partial charge is 0.282 e. The lowest BCUT2D eigenvalue weighted by Gasteiger charge is -2.31. The average molecular weight is 369 g/mol. The molecule has 0 aliphatic carbocycles. The highest BCUT2D eigenvalue weighted by Crippen LogP contribution is 2.29. The van der Waals surface area contributed by atoms with Crippen LogP contribution in [0.1, 0.15) is 24.5 Å². The van der Waals surface area contributed by atoms with Crippen molar-refractivity contribution in [1.29, 1.82) is 0 Å². The number of aromatic amines is 1. The Morgan fingerprint density at radius 3 is 2.33 bits per heavy atom. The molecule has 1 unspecified atom stereocenters. The maximum atomic E-state index is 12.8. The minimum atomic E-state index is -3.64. The zero-order chi connectivity index (χ0) is 17.4. The lowest BCUT2D eigenvalue weighted by molar-refractivity contribution is 0.312. The fourth-order valence-corrected chi connectivity index (χ4v) is 5.07. The highest BCUT2D eigenvalue weighted by atomic mass is 32.2. The van der Waals surface area contributed by atoms with E-state index >= 15 is 0 Å². The van der Waals surface area contributed by atoms with E-state index in [1.165, 1.54) is 28.6 Å². The quantitative estimate of drug-likeness (QED) is 0.877. The van der Waals surface area contributed by atoms with Gasteiger partial charge in [0, 0.05) is 37.2 Å². The Balaban J connectivity index is 1.84. The van der Waals surface area contributed by atoms with Crippen LogP contribution in [0.15, 0.2) is 46.3 Å². The van der Waals surface area contributed by atoms with Crippen molar-refractivity contribution in [2.24, 2.45) is 0 Å². The summed E-state index contributed by atoms with van der Waals surface area (Å²) < 4.78 is 50.1. The highest BCUT2D eigenvalue weighted by Gasteiger charge is 2.31. The number of hydrogen-bond acceptors (Lipinski definition) is 5. The lowest BCUT2D eigenvalue weighted by Crippen LogP contribution is -2.39. The van der Waals surface area contributed by atoms with E-state index < -0.39 is 19.9 Å². The van der Waals surface area contributed by atoms with Crippen molar-refractivity contribution >= 4 is 19.9 Å². The molecule has 1 N–H and O–H groups in total. The van der Waals surface area contributed by atoms with Gasteiger partial charge in [0.2, 0.25) is 10.0 Å². The Bertz CT molecular complexity index is 904. The highest BCUT2D eigenvalue weighted by molar-refractivity contribution is 7.90. The molecule has 0 bridgehead atoms. The van der Waals surface area contributed by atoms with Crippen molar-refractivity contribution in [2.75, 3.05) is 19.3 Å². The second-order valence-electron chi connectivity index (χ2n) is 5.96. The number of nitrogens with zero attached hydrogens (tertiary/aromatic N) is 2. The van der Waals surface area contributed by atoms with Crippen LogP contribution in [-0.2, 0) is 19.9 Å². The summed E-state index contributed by atoms with van der Waals surface area (Å²) in [5.74, 6) is 0.0892. The summed E-state index contributed by atoms with van der Waals surface area (Å²) in [6.45, 7) is 0.846. The molecule has 1 aliphatic heterocycles. The molecule has 1 fully saturated rings. The first-order valence-corrected chi connectivity index (χ1v) is 10.9. The van der Waals surface area contributed by atoms with E-state index in [0.717, 1.165) is 24.8 Å². The summed E-state index contributed by atoms with van der Waals surface area (Å²) in [7, 11) is -6.99. The molecule has 1 aromatic carbocycles. The molecule has 7 nitrogen and oxygen atoms in total. The van der Waals surface area contributed by atoms with Gasteiger partial charge in [-0.25, -0.2) is 16.8 Å². The number of piperidine rings is 1. The monoisotopic (exact) mass is 369 g/mol. The molecular formula is C15H19N3O4S2. The second-order valence-corrected chi connectivity index (χ2v) is 9.91. The van der Waals surface area contributed by atoms with E-state index in [2.05, 4.69) is 10.2 Å². The summed E-state index contributed by atoms with van der Waals surface area (Å²) in [6, 6.07) is 7.23. The van der Waals surface area contributed by atoms with E-state index in [9.17, 15) is 16.8 Å². The maximum Gasteiger partial charge on any atom is 0.243 e. The zero-order valence-corrected chi connectivity index (χ0v) is 14.8. The number of benzene rings is 1. The molecule has 1 aromatic heterocycles. The maximum absolute atomic E-state index is 12.8. The number of nitrogens with one attached hydrogen (secondary N) is 1. The van der Waals surface area contributed by atoms with E-state index in [4.69, 9.17) is 0 Å². The molecule has 0 saturated carbocycles. The van der Waals surface area contributed by atoms with Crippen LogP contribution in [0.5, 0.6) is 0 Å². The Kier molecular flexibility index (Phi) is 4.50. The van der Waals surface area contributed by atoms with Crippen molar-refractivity contribution in [3.05, 3.63) is 42.2 Å². The number of hydrogen-bond donors (Lipinski definition) is 1. The SMILES string of the molecule is CS(=O)(=O)c1ccc(S(=O)(=O)N2CCCC(c3ccn[nH]3)C2)cc1. The van der Waals surface area contributed by atoms with Gasteiger partial charge in [-0.2, -0.15) is 9.40 Å². The molecule has 130 valence electrons.